The third kappa shape index (κ3) is 5.42. The molecule has 92 valence electrons. The Morgan fingerprint density at radius 3 is 2.47 bits per heavy atom. The molecule has 0 spiro atoms. The van der Waals surface area contributed by atoms with E-state index in [0.29, 0.717) is 17.8 Å². The Bertz CT molecular complexity index is 364. The zero-order valence-corrected chi connectivity index (χ0v) is 10.6. The van der Waals surface area contributed by atoms with Crippen LogP contribution in [-0.4, -0.2) is 17.2 Å². The van der Waals surface area contributed by atoms with Crippen molar-refractivity contribution in [2.45, 2.75) is 45.2 Å². The zero-order chi connectivity index (χ0) is 12.7. The molecule has 2 N–H and O–H groups in total. The highest BCUT2D eigenvalue weighted by molar-refractivity contribution is 5.25. The Balaban J connectivity index is 2.30. The van der Waals surface area contributed by atoms with E-state index in [1.807, 2.05) is 12.1 Å². The highest BCUT2D eigenvalue weighted by Crippen LogP contribution is 2.12. The van der Waals surface area contributed by atoms with Crippen LogP contribution in [0.4, 0.5) is 0 Å². The molecule has 0 bridgehead atoms. The second-order valence-electron chi connectivity index (χ2n) is 4.58. The molecule has 0 aromatic heterocycles. The quantitative estimate of drug-likeness (QED) is 0.738. The number of aryl methyl sites for hydroxylation is 1. The molecule has 2 nitrogen and oxygen atoms in total. The summed E-state index contributed by atoms with van der Waals surface area (Å²) >= 11 is 0. The number of hydrogen-bond acceptors (Lipinski definition) is 2. The molecule has 1 rings (SSSR count). The fourth-order valence-electron chi connectivity index (χ4n) is 1.85. The number of nitrogens with one attached hydrogen (secondary N) is 1. The van der Waals surface area contributed by atoms with Gasteiger partial charge in [-0.15, -0.1) is 12.3 Å². The van der Waals surface area contributed by atoms with Crippen molar-refractivity contribution in [3.8, 4) is 18.1 Å². The van der Waals surface area contributed by atoms with Gasteiger partial charge in [-0.05, 0) is 44.4 Å². The van der Waals surface area contributed by atoms with Crippen molar-refractivity contribution < 1.29 is 5.11 Å². The summed E-state index contributed by atoms with van der Waals surface area (Å²) in [6.45, 7) is 4.28. The van der Waals surface area contributed by atoms with Crippen molar-refractivity contribution in [1.82, 2.24) is 5.32 Å². The van der Waals surface area contributed by atoms with E-state index < -0.39 is 0 Å². The molecule has 0 saturated carbocycles. The van der Waals surface area contributed by atoms with Gasteiger partial charge in [0.05, 0.1) is 0 Å². The Morgan fingerprint density at radius 2 is 1.88 bits per heavy atom. The zero-order valence-electron chi connectivity index (χ0n) is 10.6. The Hall–Kier alpha value is -1.46. The van der Waals surface area contributed by atoms with Gasteiger partial charge in [0, 0.05) is 18.5 Å². The van der Waals surface area contributed by atoms with Crippen LogP contribution < -0.4 is 5.32 Å². The number of rotatable bonds is 6. The molecule has 0 amide bonds. The average Bonchev–Trinajstić information content (AvgIpc) is 2.28. The lowest BCUT2D eigenvalue weighted by Crippen LogP contribution is -2.34. The number of terminal acetylenes is 1. The summed E-state index contributed by atoms with van der Waals surface area (Å²) in [5, 5.41) is 12.7. The summed E-state index contributed by atoms with van der Waals surface area (Å²) in [6, 6.07) is 8.21. The predicted molar refractivity (Wildman–Crippen MR) is 71.9 cm³/mol. The van der Waals surface area contributed by atoms with E-state index in [-0.39, 0.29) is 0 Å². The van der Waals surface area contributed by atoms with E-state index in [1.165, 1.54) is 5.56 Å². The van der Waals surface area contributed by atoms with Gasteiger partial charge in [-0.1, -0.05) is 12.1 Å². The minimum absolute atomic E-state index is 0.322. The molecule has 0 heterocycles. The second-order valence-corrected chi connectivity index (χ2v) is 4.58. The number of hydrogen-bond donors (Lipinski definition) is 2. The summed E-state index contributed by atoms with van der Waals surface area (Å²) in [7, 11) is 0. The maximum Gasteiger partial charge on any atom is 0.115 e. The van der Waals surface area contributed by atoms with Crippen molar-refractivity contribution >= 4 is 0 Å². The summed E-state index contributed by atoms with van der Waals surface area (Å²) < 4.78 is 0. The molecular weight excluding hydrogens is 210 g/mol. The van der Waals surface area contributed by atoms with Gasteiger partial charge in [0.2, 0.25) is 0 Å². The first-order valence-corrected chi connectivity index (χ1v) is 6.09. The number of aromatic hydroxyl groups is 1. The molecule has 17 heavy (non-hydrogen) atoms. The second kappa shape index (κ2) is 6.98. The van der Waals surface area contributed by atoms with Crippen molar-refractivity contribution in [3.63, 3.8) is 0 Å². The molecule has 0 fully saturated rings. The SMILES string of the molecule is C#CCC(C)NC(C)CCc1ccc(O)cc1. The minimum atomic E-state index is 0.322. The minimum Gasteiger partial charge on any atom is -0.508 e. The molecule has 2 heteroatoms. The van der Waals surface area contributed by atoms with Crippen LogP contribution in [-0.2, 0) is 6.42 Å². The van der Waals surface area contributed by atoms with Gasteiger partial charge < -0.3 is 10.4 Å². The third-order valence-electron chi connectivity index (χ3n) is 2.80. The molecular formula is C15H21NO. The fourth-order valence-corrected chi connectivity index (χ4v) is 1.85. The van der Waals surface area contributed by atoms with E-state index in [0.717, 1.165) is 19.3 Å². The molecule has 1 aromatic rings. The Morgan fingerprint density at radius 1 is 1.24 bits per heavy atom. The number of phenols is 1. The van der Waals surface area contributed by atoms with Crippen molar-refractivity contribution in [2.24, 2.45) is 0 Å². The van der Waals surface area contributed by atoms with Gasteiger partial charge in [-0.3, -0.25) is 0 Å². The third-order valence-corrected chi connectivity index (χ3v) is 2.80. The van der Waals surface area contributed by atoms with E-state index in [2.05, 4.69) is 25.1 Å². The van der Waals surface area contributed by atoms with Gasteiger partial charge >= 0.3 is 0 Å². The van der Waals surface area contributed by atoms with Gasteiger partial charge in [-0.2, -0.15) is 0 Å². The first-order chi connectivity index (χ1) is 8.11. The number of phenolic OH excluding ortho intramolecular Hbond substituents is 1. The van der Waals surface area contributed by atoms with Crippen LogP contribution in [0.5, 0.6) is 5.75 Å². The van der Waals surface area contributed by atoms with Crippen molar-refractivity contribution in [2.75, 3.05) is 0 Å². The monoisotopic (exact) mass is 231 g/mol. The Labute approximate surface area is 104 Å². The van der Waals surface area contributed by atoms with E-state index >= 15 is 0 Å². The highest BCUT2D eigenvalue weighted by atomic mass is 16.3. The fraction of sp³-hybridized carbons (Fsp3) is 0.467. The maximum atomic E-state index is 9.18. The van der Waals surface area contributed by atoms with E-state index in [9.17, 15) is 5.11 Å². The van der Waals surface area contributed by atoms with Gasteiger partial charge in [-0.25, -0.2) is 0 Å². The highest BCUT2D eigenvalue weighted by Gasteiger charge is 2.06. The summed E-state index contributed by atoms with van der Waals surface area (Å²) in [6.07, 6.45) is 8.12. The van der Waals surface area contributed by atoms with Crippen LogP contribution in [0.25, 0.3) is 0 Å². The van der Waals surface area contributed by atoms with Crippen molar-refractivity contribution in [1.29, 1.82) is 0 Å². The smallest absolute Gasteiger partial charge is 0.115 e. The molecule has 0 aliphatic carbocycles. The molecule has 2 atom stereocenters. The molecule has 0 saturated heterocycles. The summed E-state index contributed by atoms with van der Waals surface area (Å²) in [4.78, 5) is 0. The first-order valence-electron chi connectivity index (χ1n) is 6.09. The standard InChI is InChI=1S/C15H21NO/c1-4-5-12(2)16-13(3)6-7-14-8-10-15(17)11-9-14/h1,8-13,16-17H,5-7H2,2-3H3. The summed E-state index contributed by atoms with van der Waals surface area (Å²) in [5.74, 6) is 2.98. The lowest BCUT2D eigenvalue weighted by Gasteiger charge is -2.18. The van der Waals surface area contributed by atoms with E-state index in [1.54, 1.807) is 12.1 Å². The Kier molecular flexibility index (Phi) is 5.59. The average molecular weight is 231 g/mol. The topological polar surface area (TPSA) is 32.3 Å². The lowest BCUT2D eigenvalue weighted by atomic mass is 10.1. The van der Waals surface area contributed by atoms with Gasteiger partial charge in [0.25, 0.3) is 0 Å². The van der Waals surface area contributed by atoms with Crippen LogP contribution in [0.3, 0.4) is 0 Å². The number of benzene rings is 1. The molecule has 0 radical (unpaired) electrons. The van der Waals surface area contributed by atoms with E-state index in [4.69, 9.17) is 6.42 Å². The largest absolute Gasteiger partial charge is 0.508 e. The molecule has 0 aliphatic heterocycles. The first kappa shape index (κ1) is 13.6. The van der Waals surface area contributed by atoms with Crippen LogP contribution in [0, 0.1) is 12.3 Å². The summed E-state index contributed by atoms with van der Waals surface area (Å²) in [5.41, 5.74) is 1.25. The van der Waals surface area contributed by atoms with Gasteiger partial charge in [0.1, 0.15) is 5.75 Å². The predicted octanol–water partition coefficient (Wildman–Crippen LogP) is 2.71. The van der Waals surface area contributed by atoms with Crippen LogP contribution in [0.2, 0.25) is 0 Å². The molecule has 2 unspecified atom stereocenters. The van der Waals surface area contributed by atoms with Crippen LogP contribution in [0.15, 0.2) is 24.3 Å². The van der Waals surface area contributed by atoms with Crippen LogP contribution >= 0.6 is 0 Å². The normalized spacial score (nSPS) is 13.9. The molecule has 1 aromatic carbocycles. The van der Waals surface area contributed by atoms with Crippen molar-refractivity contribution in [3.05, 3.63) is 29.8 Å². The van der Waals surface area contributed by atoms with Gasteiger partial charge in [0.15, 0.2) is 0 Å². The lowest BCUT2D eigenvalue weighted by molar-refractivity contribution is 0.450. The molecule has 0 aliphatic rings. The maximum absolute atomic E-state index is 9.18. The van der Waals surface area contributed by atoms with Crippen LogP contribution in [0.1, 0.15) is 32.3 Å².